The van der Waals surface area contributed by atoms with E-state index in [0.29, 0.717) is 0 Å². The fraction of sp³-hybridized carbons (Fsp3) is 0.630. The van der Waals surface area contributed by atoms with Crippen LogP contribution in [0.15, 0.2) is 0 Å². The van der Waals surface area contributed by atoms with Gasteiger partial charge in [0.25, 0.3) is 0 Å². The van der Waals surface area contributed by atoms with Crippen LogP contribution in [-0.4, -0.2) is 113 Å². The highest BCUT2D eigenvalue weighted by molar-refractivity contribution is 5.97. The number of carbonyl (C=O) groups is 10. The van der Waals surface area contributed by atoms with Crippen LogP contribution >= 0.6 is 0 Å². The molecule has 0 heterocycles. The van der Waals surface area contributed by atoms with Gasteiger partial charge < -0.3 is 59.3 Å². The summed E-state index contributed by atoms with van der Waals surface area (Å²) in [6.45, 7) is 3.20. The molecule has 0 aliphatic heterocycles. The van der Waals surface area contributed by atoms with Gasteiger partial charge in [-0.2, -0.15) is 0 Å². The Morgan fingerprint density at radius 3 is 1.62 bits per heavy atom. The molecule has 0 aromatic carbocycles. The average molecular weight is 688 g/mol. The standard InChI is InChI=1S/C27H45N9O12/c1-12(2)8-16(25(45)35-15(5-7-19(30)38)24(44)33-13(3)27(47)48)36-26(46)17(9-22(41)42)34-21(40)11-31-20(39)10-32-23(43)14(28)4-6-18(29)37/h12-17H,4-11,28H2,1-3H3,(H2,29,37)(H2,30,38)(H,31,39)(H,32,43)(H,33,44)(H,34,40)(H,35,45)(H,36,46)(H,41,42)(H,47,48)/t13-,14-,15-,16-,17-/m0/s1. The molecule has 21 nitrogen and oxygen atoms in total. The molecule has 0 rings (SSSR count). The van der Waals surface area contributed by atoms with E-state index in [-0.39, 0.29) is 38.0 Å². The van der Waals surface area contributed by atoms with Crippen LogP contribution in [0.4, 0.5) is 0 Å². The molecule has 14 N–H and O–H groups in total. The first-order valence-corrected chi connectivity index (χ1v) is 14.7. The summed E-state index contributed by atoms with van der Waals surface area (Å²) >= 11 is 0. The van der Waals surface area contributed by atoms with Crippen molar-refractivity contribution < 1.29 is 58.2 Å². The van der Waals surface area contributed by atoms with Crippen molar-refractivity contribution in [3.8, 4) is 0 Å². The summed E-state index contributed by atoms with van der Waals surface area (Å²) in [6.07, 6.45) is -1.85. The molecular weight excluding hydrogens is 642 g/mol. The Morgan fingerprint density at radius 1 is 0.604 bits per heavy atom. The van der Waals surface area contributed by atoms with E-state index in [9.17, 15) is 53.1 Å². The highest BCUT2D eigenvalue weighted by atomic mass is 16.4. The van der Waals surface area contributed by atoms with Crippen molar-refractivity contribution in [3.63, 3.8) is 0 Å². The molecule has 5 atom stereocenters. The van der Waals surface area contributed by atoms with Crippen molar-refractivity contribution in [2.75, 3.05) is 13.1 Å². The normalized spacial score (nSPS) is 13.8. The molecule has 270 valence electrons. The molecule has 0 radical (unpaired) electrons. The average Bonchev–Trinajstić information content (AvgIpc) is 2.97. The van der Waals surface area contributed by atoms with Crippen molar-refractivity contribution in [1.29, 1.82) is 0 Å². The minimum atomic E-state index is -1.73. The van der Waals surface area contributed by atoms with E-state index < -0.39 is 109 Å². The zero-order chi connectivity index (χ0) is 37.1. The topological polar surface area (TPSA) is 361 Å². The number of primary amides is 2. The molecule has 0 aromatic heterocycles. The predicted molar refractivity (Wildman–Crippen MR) is 164 cm³/mol. The maximum atomic E-state index is 13.2. The van der Waals surface area contributed by atoms with Gasteiger partial charge in [-0.1, -0.05) is 13.8 Å². The number of hydrogen-bond donors (Lipinski definition) is 11. The molecule has 0 bridgehead atoms. The SMILES string of the molecule is CC(C)C[C@H](NC(=O)[C@H](CC(=O)O)NC(=O)CNC(=O)CNC(=O)[C@@H](N)CCC(N)=O)C(=O)N[C@@H](CCC(N)=O)C(=O)N[C@@H](C)C(=O)O. The van der Waals surface area contributed by atoms with Crippen LogP contribution in [0.2, 0.25) is 0 Å². The lowest BCUT2D eigenvalue weighted by Crippen LogP contribution is -2.58. The monoisotopic (exact) mass is 687 g/mol. The van der Waals surface area contributed by atoms with Gasteiger partial charge in [0.2, 0.25) is 47.3 Å². The second-order valence-corrected chi connectivity index (χ2v) is 11.1. The zero-order valence-corrected chi connectivity index (χ0v) is 26.8. The van der Waals surface area contributed by atoms with Gasteiger partial charge in [0.15, 0.2) is 0 Å². The molecule has 21 heteroatoms. The Labute approximate surface area is 275 Å². The van der Waals surface area contributed by atoms with Crippen LogP contribution in [0.3, 0.4) is 0 Å². The van der Waals surface area contributed by atoms with Crippen molar-refractivity contribution >= 4 is 59.2 Å². The quantitative estimate of drug-likeness (QED) is 0.0478. The van der Waals surface area contributed by atoms with E-state index in [1.54, 1.807) is 13.8 Å². The molecule has 0 saturated heterocycles. The summed E-state index contributed by atoms with van der Waals surface area (Å²) < 4.78 is 0. The van der Waals surface area contributed by atoms with Crippen LogP contribution < -0.4 is 49.1 Å². The summed E-state index contributed by atoms with van der Waals surface area (Å²) in [4.78, 5) is 120. The van der Waals surface area contributed by atoms with E-state index in [0.717, 1.165) is 0 Å². The van der Waals surface area contributed by atoms with Gasteiger partial charge in [-0.3, -0.25) is 47.9 Å². The molecule has 0 unspecified atom stereocenters. The zero-order valence-electron chi connectivity index (χ0n) is 26.8. The minimum Gasteiger partial charge on any atom is -0.481 e. The number of carboxylic acid groups (broad SMARTS) is 2. The lowest BCUT2D eigenvalue weighted by atomic mass is 10.0. The smallest absolute Gasteiger partial charge is 0.325 e. The molecular formula is C27H45N9O12. The maximum Gasteiger partial charge on any atom is 0.325 e. The Hall–Kier alpha value is -5.34. The molecule has 48 heavy (non-hydrogen) atoms. The van der Waals surface area contributed by atoms with Gasteiger partial charge in [0, 0.05) is 12.8 Å². The van der Waals surface area contributed by atoms with Crippen LogP contribution in [0.5, 0.6) is 0 Å². The number of carbonyl (C=O) groups excluding carboxylic acids is 8. The van der Waals surface area contributed by atoms with Crippen LogP contribution in [0, 0.1) is 5.92 Å². The largest absolute Gasteiger partial charge is 0.481 e. The number of rotatable bonds is 23. The number of aliphatic carboxylic acids is 2. The van der Waals surface area contributed by atoms with Crippen LogP contribution in [-0.2, 0) is 47.9 Å². The lowest BCUT2D eigenvalue weighted by molar-refractivity contribution is -0.142. The number of hydrogen-bond acceptors (Lipinski definition) is 11. The summed E-state index contributed by atoms with van der Waals surface area (Å²) in [7, 11) is 0. The van der Waals surface area contributed by atoms with Gasteiger partial charge in [0.05, 0.1) is 25.6 Å². The molecule has 0 aliphatic carbocycles. The number of amides is 8. The molecule has 0 aromatic rings. The van der Waals surface area contributed by atoms with Crippen LogP contribution in [0.1, 0.15) is 59.3 Å². The fourth-order valence-electron chi connectivity index (χ4n) is 3.78. The highest BCUT2D eigenvalue weighted by Gasteiger charge is 2.32. The van der Waals surface area contributed by atoms with Crippen molar-refractivity contribution in [1.82, 2.24) is 31.9 Å². The molecule has 8 amide bonds. The van der Waals surface area contributed by atoms with Gasteiger partial charge in [0.1, 0.15) is 24.2 Å². The predicted octanol–water partition coefficient (Wildman–Crippen LogP) is -5.36. The van der Waals surface area contributed by atoms with Crippen LogP contribution in [0.25, 0.3) is 0 Å². The third-order valence-electron chi connectivity index (χ3n) is 6.32. The molecule has 0 spiro atoms. The summed E-state index contributed by atoms with van der Waals surface area (Å²) in [5.41, 5.74) is 15.7. The van der Waals surface area contributed by atoms with Crippen molar-refractivity contribution in [3.05, 3.63) is 0 Å². The molecule has 0 fully saturated rings. The third kappa shape index (κ3) is 18.6. The first kappa shape index (κ1) is 42.7. The number of nitrogens with one attached hydrogen (secondary N) is 6. The van der Waals surface area contributed by atoms with Crippen molar-refractivity contribution in [2.45, 2.75) is 89.5 Å². The third-order valence-corrected chi connectivity index (χ3v) is 6.32. The van der Waals surface area contributed by atoms with Gasteiger partial charge in [-0.05, 0) is 32.1 Å². The van der Waals surface area contributed by atoms with E-state index in [4.69, 9.17) is 22.3 Å². The lowest BCUT2D eigenvalue weighted by Gasteiger charge is -2.26. The Balaban J connectivity index is 5.51. The van der Waals surface area contributed by atoms with Gasteiger partial charge >= 0.3 is 11.9 Å². The molecule has 0 saturated carbocycles. The summed E-state index contributed by atoms with van der Waals surface area (Å²) in [5.74, 6) is -10.2. The van der Waals surface area contributed by atoms with E-state index >= 15 is 0 Å². The second kappa shape index (κ2) is 21.5. The minimum absolute atomic E-state index is 0.0328. The van der Waals surface area contributed by atoms with Gasteiger partial charge in [-0.15, -0.1) is 0 Å². The van der Waals surface area contributed by atoms with E-state index in [1.165, 1.54) is 6.92 Å². The van der Waals surface area contributed by atoms with E-state index in [1.807, 2.05) is 0 Å². The van der Waals surface area contributed by atoms with E-state index in [2.05, 4.69) is 31.9 Å². The Bertz CT molecular complexity index is 1230. The summed E-state index contributed by atoms with van der Waals surface area (Å²) in [5, 5.41) is 31.7. The fourth-order valence-corrected chi connectivity index (χ4v) is 3.78. The molecule has 0 aliphatic rings. The number of nitrogens with two attached hydrogens (primary N) is 3. The number of carboxylic acids is 2. The Kier molecular flexibility index (Phi) is 19.1. The van der Waals surface area contributed by atoms with Gasteiger partial charge in [-0.25, -0.2) is 0 Å². The highest BCUT2D eigenvalue weighted by Crippen LogP contribution is 2.08. The first-order chi connectivity index (χ1) is 22.2. The van der Waals surface area contributed by atoms with Crippen molar-refractivity contribution in [2.24, 2.45) is 23.1 Å². The Morgan fingerprint density at radius 2 is 1.10 bits per heavy atom. The second-order valence-electron chi connectivity index (χ2n) is 11.1. The maximum absolute atomic E-state index is 13.2. The first-order valence-electron chi connectivity index (χ1n) is 14.7. The summed E-state index contributed by atoms with van der Waals surface area (Å²) in [6, 6.07) is -7.03.